The first-order chi connectivity index (χ1) is 10.7. The van der Waals surface area contributed by atoms with Gasteiger partial charge >= 0.3 is 0 Å². The SMILES string of the molecule is N#Cc1ccc(-c2ccc(C=Nc3cccc(Br)c3)o2)cc1. The van der Waals surface area contributed by atoms with E-state index < -0.39 is 0 Å². The lowest BCUT2D eigenvalue weighted by Gasteiger charge is -1.96. The Morgan fingerprint density at radius 3 is 2.59 bits per heavy atom. The van der Waals surface area contributed by atoms with Gasteiger partial charge in [-0.15, -0.1) is 0 Å². The summed E-state index contributed by atoms with van der Waals surface area (Å²) in [5.74, 6) is 1.43. The van der Waals surface area contributed by atoms with Crippen molar-refractivity contribution in [2.75, 3.05) is 0 Å². The summed E-state index contributed by atoms with van der Waals surface area (Å²) in [4.78, 5) is 4.38. The highest BCUT2D eigenvalue weighted by Gasteiger charge is 2.03. The van der Waals surface area contributed by atoms with Gasteiger partial charge in [-0.05, 0) is 54.6 Å². The van der Waals surface area contributed by atoms with Crippen LogP contribution in [0.15, 0.2) is 74.5 Å². The number of furan rings is 1. The highest BCUT2D eigenvalue weighted by Crippen LogP contribution is 2.23. The zero-order valence-corrected chi connectivity index (χ0v) is 13.1. The Morgan fingerprint density at radius 2 is 1.86 bits per heavy atom. The first-order valence-electron chi connectivity index (χ1n) is 6.64. The summed E-state index contributed by atoms with van der Waals surface area (Å²) in [6, 6.07) is 20.9. The minimum absolute atomic E-state index is 0.631. The molecule has 4 heteroatoms. The molecule has 0 aliphatic carbocycles. The van der Waals surface area contributed by atoms with E-state index in [4.69, 9.17) is 9.68 Å². The van der Waals surface area contributed by atoms with Gasteiger partial charge in [-0.1, -0.05) is 22.0 Å². The van der Waals surface area contributed by atoms with Crippen LogP contribution in [0.4, 0.5) is 5.69 Å². The average Bonchev–Trinajstić information content (AvgIpc) is 3.02. The normalized spacial score (nSPS) is 10.7. The van der Waals surface area contributed by atoms with Gasteiger partial charge in [0.25, 0.3) is 0 Å². The molecule has 3 aromatic rings. The third-order valence-electron chi connectivity index (χ3n) is 3.07. The molecule has 3 rings (SSSR count). The van der Waals surface area contributed by atoms with Crippen LogP contribution in [-0.4, -0.2) is 6.21 Å². The molecular formula is C18H11BrN2O. The third-order valence-corrected chi connectivity index (χ3v) is 3.57. The molecule has 1 heterocycles. The Bertz CT molecular complexity index is 857. The fourth-order valence-corrected chi connectivity index (χ4v) is 2.37. The second-order valence-electron chi connectivity index (χ2n) is 4.63. The monoisotopic (exact) mass is 350 g/mol. The van der Waals surface area contributed by atoms with Crippen LogP contribution in [0.1, 0.15) is 11.3 Å². The molecule has 0 N–H and O–H groups in total. The standard InChI is InChI=1S/C18H11BrN2O/c19-15-2-1-3-16(10-15)21-12-17-8-9-18(22-17)14-6-4-13(11-20)5-7-14/h1-10,12H. The van der Waals surface area contributed by atoms with Crippen LogP contribution in [0.2, 0.25) is 0 Å². The Labute approximate surface area is 136 Å². The predicted molar refractivity (Wildman–Crippen MR) is 90.3 cm³/mol. The van der Waals surface area contributed by atoms with E-state index in [1.807, 2.05) is 48.5 Å². The van der Waals surface area contributed by atoms with Crippen LogP contribution >= 0.6 is 15.9 Å². The minimum atomic E-state index is 0.631. The quantitative estimate of drug-likeness (QED) is 0.599. The molecule has 0 amide bonds. The van der Waals surface area contributed by atoms with Crippen molar-refractivity contribution in [2.45, 2.75) is 0 Å². The number of aliphatic imine (C=N–C) groups is 1. The molecule has 0 radical (unpaired) electrons. The number of hydrogen-bond donors (Lipinski definition) is 0. The second kappa shape index (κ2) is 6.42. The lowest BCUT2D eigenvalue weighted by molar-refractivity contribution is 0.575. The van der Waals surface area contributed by atoms with Gasteiger partial charge in [0.2, 0.25) is 0 Å². The molecule has 106 valence electrons. The number of nitrogens with zero attached hydrogens (tertiary/aromatic N) is 2. The number of rotatable bonds is 3. The number of benzene rings is 2. The average molecular weight is 351 g/mol. The zero-order chi connectivity index (χ0) is 15.4. The Morgan fingerprint density at radius 1 is 1.05 bits per heavy atom. The highest BCUT2D eigenvalue weighted by atomic mass is 79.9. The number of hydrogen-bond acceptors (Lipinski definition) is 3. The number of nitriles is 1. The molecule has 0 spiro atoms. The van der Waals surface area contributed by atoms with Gasteiger partial charge in [-0.2, -0.15) is 5.26 Å². The molecule has 0 aliphatic rings. The van der Waals surface area contributed by atoms with Crippen molar-refractivity contribution in [3.8, 4) is 17.4 Å². The second-order valence-corrected chi connectivity index (χ2v) is 5.54. The Hall–Kier alpha value is -2.64. The Kier molecular flexibility index (Phi) is 4.17. The first-order valence-corrected chi connectivity index (χ1v) is 7.44. The van der Waals surface area contributed by atoms with E-state index in [9.17, 15) is 0 Å². The van der Waals surface area contributed by atoms with Gasteiger partial charge in [0.1, 0.15) is 11.5 Å². The topological polar surface area (TPSA) is 49.3 Å². The van der Waals surface area contributed by atoms with Crippen LogP contribution in [-0.2, 0) is 0 Å². The molecule has 0 saturated heterocycles. The molecule has 3 nitrogen and oxygen atoms in total. The van der Waals surface area contributed by atoms with Crippen LogP contribution in [0, 0.1) is 11.3 Å². The number of halogens is 1. The fourth-order valence-electron chi connectivity index (χ4n) is 1.98. The lowest BCUT2D eigenvalue weighted by Crippen LogP contribution is -1.77. The van der Waals surface area contributed by atoms with E-state index in [-0.39, 0.29) is 0 Å². The smallest absolute Gasteiger partial charge is 0.145 e. The molecule has 0 aliphatic heterocycles. The van der Waals surface area contributed by atoms with E-state index >= 15 is 0 Å². The summed E-state index contributed by atoms with van der Waals surface area (Å²) in [5.41, 5.74) is 2.42. The highest BCUT2D eigenvalue weighted by molar-refractivity contribution is 9.10. The summed E-state index contributed by atoms with van der Waals surface area (Å²) in [5, 5.41) is 8.81. The van der Waals surface area contributed by atoms with Gasteiger partial charge < -0.3 is 4.42 Å². The summed E-state index contributed by atoms with van der Waals surface area (Å²) in [6.45, 7) is 0. The Balaban J connectivity index is 1.80. The largest absolute Gasteiger partial charge is 0.455 e. The van der Waals surface area contributed by atoms with E-state index in [2.05, 4.69) is 27.0 Å². The predicted octanol–water partition coefficient (Wildman–Crippen LogP) is 5.33. The van der Waals surface area contributed by atoms with Crippen molar-refractivity contribution in [1.29, 1.82) is 5.26 Å². The van der Waals surface area contributed by atoms with Crippen molar-refractivity contribution in [3.05, 3.63) is 76.5 Å². The van der Waals surface area contributed by atoms with Crippen molar-refractivity contribution >= 4 is 27.8 Å². The van der Waals surface area contributed by atoms with Gasteiger partial charge in [0, 0.05) is 10.0 Å². The van der Waals surface area contributed by atoms with E-state index in [1.165, 1.54) is 0 Å². The molecule has 0 saturated carbocycles. The van der Waals surface area contributed by atoms with E-state index in [0.29, 0.717) is 11.3 Å². The van der Waals surface area contributed by atoms with Crippen molar-refractivity contribution in [2.24, 2.45) is 4.99 Å². The molecule has 0 atom stereocenters. The van der Waals surface area contributed by atoms with E-state index in [0.717, 1.165) is 21.5 Å². The lowest BCUT2D eigenvalue weighted by atomic mass is 10.1. The maximum Gasteiger partial charge on any atom is 0.145 e. The minimum Gasteiger partial charge on any atom is -0.455 e. The van der Waals surface area contributed by atoms with Gasteiger partial charge in [-0.3, -0.25) is 4.99 Å². The molecule has 0 fully saturated rings. The van der Waals surface area contributed by atoms with Crippen molar-refractivity contribution in [1.82, 2.24) is 0 Å². The molecule has 0 bridgehead atoms. The fraction of sp³-hybridized carbons (Fsp3) is 0. The zero-order valence-electron chi connectivity index (χ0n) is 11.5. The summed E-state index contributed by atoms with van der Waals surface area (Å²) >= 11 is 3.41. The third kappa shape index (κ3) is 3.33. The van der Waals surface area contributed by atoms with Crippen LogP contribution < -0.4 is 0 Å². The molecule has 1 aromatic heterocycles. The van der Waals surface area contributed by atoms with Gasteiger partial charge in [0.05, 0.1) is 23.5 Å². The molecule has 22 heavy (non-hydrogen) atoms. The van der Waals surface area contributed by atoms with Crippen LogP contribution in [0.3, 0.4) is 0 Å². The first kappa shape index (κ1) is 14.3. The summed E-state index contributed by atoms with van der Waals surface area (Å²) in [6.07, 6.45) is 1.69. The molecule has 2 aromatic carbocycles. The van der Waals surface area contributed by atoms with Crippen LogP contribution in [0.25, 0.3) is 11.3 Å². The maximum absolute atomic E-state index is 8.81. The van der Waals surface area contributed by atoms with Crippen molar-refractivity contribution in [3.63, 3.8) is 0 Å². The van der Waals surface area contributed by atoms with Crippen LogP contribution in [0.5, 0.6) is 0 Å². The molecular weight excluding hydrogens is 340 g/mol. The van der Waals surface area contributed by atoms with E-state index in [1.54, 1.807) is 18.3 Å². The molecule has 0 unspecified atom stereocenters. The maximum atomic E-state index is 8.81. The van der Waals surface area contributed by atoms with Crippen molar-refractivity contribution < 1.29 is 4.42 Å². The summed E-state index contributed by atoms with van der Waals surface area (Å²) in [7, 11) is 0. The van der Waals surface area contributed by atoms with Gasteiger partial charge in [0.15, 0.2) is 0 Å². The summed E-state index contributed by atoms with van der Waals surface area (Å²) < 4.78 is 6.74. The van der Waals surface area contributed by atoms with Gasteiger partial charge in [-0.25, -0.2) is 0 Å².